The van der Waals surface area contributed by atoms with Gasteiger partial charge in [0, 0.05) is 6.07 Å². The van der Waals surface area contributed by atoms with E-state index in [2.05, 4.69) is 5.32 Å². The zero-order chi connectivity index (χ0) is 22.1. The topological polar surface area (TPSA) is 82.3 Å². The minimum absolute atomic E-state index is 0.223. The summed E-state index contributed by atoms with van der Waals surface area (Å²) in [6.07, 6.45) is 0. The van der Waals surface area contributed by atoms with Gasteiger partial charge in [-0.1, -0.05) is 12.1 Å². The highest BCUT2D eigenvalue weighted by Crippen LogP contribution is 2.22. The number of thiophene rings is 1. The Bertz CT molecular complexity index is 1420. The van der Waals surface area contributed by atoms with E-state index in [4.69, 9.17) is 4.74 Å². The Morgan fingerprint density at radius 1 is 1.13 bits per heavy atom. The minimum Gasteiger partial charge on any atom is -0.495 e. The van der Waals surface area contributed by atoms with Crippen molar-refractivity contribution in [3.63, 3.8) is 0 Å². The van der Waals surface area contributed by atoms with Crippen LogP contribution in [0.5, 0.6) is 5.75 Å². The number of fused-ring (bicyclic) bond motifs is 1. The monoisotopic (exact) mass is 443 g/mol. The van der Waals surface area contributed by atoms with Crippen LogP contribution in [0.4, 0.5) is 14.5 Å². The molecule has 0 spiro atoms. The number of ether oxygens (including phenoxy) is 1. The first-order valence-electron chi connectivity index (χ1n) is 9.02. The van der Waals surface area contributed by atoms with Gasteiger partial charge in [0.1, 0.15) is 28.6 Å². The molecule has 0 unspecified atom stereocenters. The second-order valence-electron chi connectivity index (χ2n) is 6.49. The molecule has 2 heterocycles. The lowest BCUT2D eigenvalue weighted by atomic mass is 10.3. The number of benzene rings is 2. The average molecular weight is 443 g/mol. The lowest BCUT2D eigenvalue weighted by molar-refractivity contribution is -0.116. The molecule has 0 aliphatic heterocycles. The first-order chi connectivity index (χ1) is 14.9. The molecule has 2 aromatic carbocycles. The number of carbonyl (C=O) groups excluding carboxylic acids is 1. The number of nitrogens with zero attached hydrogens (tertiary/aromatic N) is 2. The third-order valence-electron chi connectivity index (χ3n) is 4.59. The van der Waals surface area contributed by atoms with E-state index in [1.807, 2.05) is 0 Å². The number of para-hydroxylation sites is 2. The Kier molecular flexibility index (Phi) is 5.38. The van der Waals surface area contributed by atoms with Gasteiger partial charge in [0.15, 0.2) is 0 Å². The van der Waals surface area contributed by atoms with Crippen molar-refractivity contribution < 1.29 is 18.3 Å². The summed E-state index contributed by atoms with van der Waals surface area (Å²) in [6.45, 7) is -0.488. The third-order valence-corrected chi connectivity index (χ3v) is 5.48. The molecule has 0 saturated carbocycles. The molecular weight excluding hydrogens is 428 g/mol. The highest BCUT2D eigenvalue weighted by molar-refractivity contribution is 7.17. The lowest BCUT2D eigenvalue weighted by Gasteiger charge is -2.14. The number of nitrogens with one attached hydrogen (secondary N) is 1. The lowest BCUT2D eigenvalue weighted by Crippen LogP contribution is -2.40. The Labute approximate surface area is 177 Å². The van der Waals surface area contributed by atoms with Gasteiger partial charge in [-0.25, -0.2) is 18.1 Å². The predicted molar refractivity (Wildman–Crippen MR) is 113 cm³/mol. The maximum atomic E-state index is 13.9. The largest absolute Gasteiger partial charge is 0.495 e. The molecule has 0 fully saturated rings. The zero-order valence-electron chi connectivity index (χ0n) is 16.1. The number of aromatic nitrogens is 2. The molecule has 1 amide bonds. The fourth-order valence-corrected chi connectivity index (χ4v) is 4.02. The highest BCUT2D eigenvalue weighted by atomic mass is 32.1. The number of rotatable bonds is 5. The van der Waals surface area contributed by atoms with Crippen LogP contribution < -0.4 is 21.3 Å². The first-order valence-corrected chi connectivity index (χ1v) is 9.90. The molecular formula is C21H15F2N3O4S. The molecule has 7 nitrogen and oxygen atoms in total. The van der Waals surface area contributed by atoms with Crippen molar-refractivity contribution in [1.82, 2.24) is 9.13 Å². The van der Waals surface area contributed by atoms with Crippen LogP contribution in [-0.2, 0) is 11.3 Å². The number of halogens is 2. The van der Waals surface area contributed by atoms with Gasteiger partial charge in [0.25, 0.3) is 5.56 Å². The number of anilines is 1. The van der Waals surface area contributed by atoms with E-state index in [1.165, 1.54) is 7.11 Å². The number of carbonyl (C=O) groups is 1. The summed E-state index contributed by atoms with van der Waals surface area (Å²) in [4.78, 5) is 38.8. The summed E-state index contributed by atoms with van der Waals surface area (Å²) < 4.78 is 34.6. The molecule has 31 heavy (non-hydrogen) atoms. The van der Waals surface area contributed by atoms with E-state index in [9.17, 15) is 23.2 Å². The highest BCUT2D eigenvalue weighted by Gasteiger charge is 2.20. The molecule has 1 N–H and O–H groups in total. The Balaban J connectivity index is 1.81. The van der Waals surface area contributed by atoms with Crippen LogP contribution in [0.15, 0.2) is 63.5 Å². The van der Waals surface area contributed by atoms with Gasteiger partial charge >= 0.3 is 5.69 Å². The standard InChI is InChI=1S/C21H15F2N3O4S/c1-30-17-5-3-2-4-15(17)26-20(28)19-16(8-9-31-19)25(21(26)29)11-18(27)24-14-7-6-12(22)10-13(14)23/h2-10H,11H2,1H3,(H,24,27). The summed E-state index contributed by atoms with van der Waals surface area (Å²) in [7, 11) is 1.41. The van der Waals surface area contributed by atoms with Gasteiger partial charge in [-0.3, -0.25) is 14.2 Å². The fraction of sp³-hybridized carbons (Fsp3) is 0.0952. The van der Waals surface area contributed by atoms with E-state index < -0.39 is 35.3 Å². The average Bonchev–Trinajstić information content (AvgIpc) is 3.24. The van der Waals surface area contributed by atoms with Gasteiger partial charge in [0.2, 0.25) is 5.91 Å². The molecule has 0 saturated heterocycles. The SMILES string of the molecule is COc1ccccc1-n1c(=O)c2sccc2n(CC(=O)Nc2ccc(F)cc2F)c1=O. The Morgan fingerprint density at radius 2 is 1.90 bits per heavy atom. The molecule has 4 rings (SSSR count). The van der Waals surface area contributed by atoms with E-state index in [0.29, 0.717) is 11.8 Å². The number of amides is 1. The van der Waals surface area contributed by atoms with Crippen molar-refractivity contribution in [3.05, 3.63) is 86.4 Å². The maximum absolute atomic E-state index is 13.9. The summed E-state index contributed by atoms with van der Waals surface area (Å²) in [5.41, 5.74) is -1.01. The maximum Gasteiger partial charge on any atom is 0.336 e. The summed E-state index contributed by atoms with van der Waals surface area (Å²) >= 11 is 1.13. The van der Waals surface area contributed by atoms with E-state index in [-0.39, 0.29) is 21.6 Å². The first kappa shape index (κ1) is 20.5. The van der Waals surface area contributed by atoms with Crippen LogP contribution in [0.3, 0.4) is 0 Å². The quantitative estimate of drug-likeness (QED) is 0.514. The van der Waals surface area contributed by atoms with Crippen molar-refractivity contribution in [1.29, 1.82) is 0 Å². The molecule has 158 valence electrons. The molecule has 10 heteroatoms. The molecule has 0 atom stereocenters. The van der Waals surface area contributed by atoms with Crippen molar-refractivity contribution in [2.75, 3.05) is 12.4 Å². The molecule has 2 aromatic heterocycles. The second kappa shape index (κ2) is 8.15. The van der Waals surface area contributed by atoms with E-state index >= 15 is 0 Å². The van der Waals surface area contributed by atoms with Gasteiger partial charge in [0.05, 0.1) is 24.0 Å². The molecule has 4 aromatic rings. The van der Waals surface area contributed by atoms with Crippen LogP contribution in [0.1, 0.15) is 0 Å². The van der Waals surface area contributed by atoms with Crippen molar-refractivity contribution in [2.24, 2.45) is 0 Å². The van der Waals surface area contributed by atoms with Gasteiger partial charge in [-0.05, 0) is 35.7 Å². The Hall–Kier alpha value is -3.79. The molecule has 0 aliphatic carbocycles. The van der Waals surface area contributed by atoms with Gasteiger partial charge < -0.3 is 10.1 Å². The predicted octanol–water partition coefficient (Wildman–Crippen LogP) is 3.14. The number of hydrogen-bond donors (Lipinski definition) is 1. The molecule has 0 aliphatic rings. The Morgan fingerprint density at radius 3 is 2.65 bits per heavy atom. The minimum atomic E-state index is -0.944. The normalized spacial score (nSPS) is 10.9. The summed E-state index contributed by atoms with van der Waals surface area (Å²) in [6, 6.07) is 10.8. The second-order valence-corrected chi connectivity index (χ2v) is 7.40. The van der Waals surface area contributed by atoms with E-state index in [0.717, 1.165) is 32.6 Å². The third kappa shape index (κ3) is 3.73. The summed E-state index contributed by atoms with van der Waals surface area (Å²) in [5.74, 6) is -2.14. The van der Waals surface area contributed by atoms with Crippen molar-refractivity contribution in [3.8, 4) is 11.4 Å². The van der Waals surface area contributed by atoms with Crippen molar-refractivity contribution in [2.45, 2.75) is 6.54 Å². The van der Waals surface area contributed by atoms with Crippen LogP contribution in [0.25, 0.3) is 15.9 Å². The van der Waals surface area contributed by atoms with Crippen LogP contribution in [0.2, 0.25) is 0 Å². The van der Waals surface area contributed by atoms with E-state index in [1.54, 1.807) is 35.7 Å². The zero-order valence-corrected chi connectivity index (χ0v) is 16.9. The van der Waals surface area contributed by atoms with Crippen LogP contribution >= 0.6 is 11.3 Å². The number of hydrogen-bond acceptors (Lipinski definition) is 5. The van der Waals surface area contributed by atoms with Crippen molar-refractivity contribution >= 4 is 33.1 Å². The van der Waals surface area contributed by atoms with Crippen LogP contribution in [0, 0.1) is 11.6 Å². The van der Waals surface area contributed by atoms with Gasteiger partial charge in [-0.2, -0.15) is 0 Å². The number of methoxy groups -OCH3 is 1. The molecule has 0 radical (unpaired) electrons. The van der Waals surface area contributed by atoms with Crippen LogP contribution in [-0.4, -0.2) is 22.2 Å². The van der Waals surface area contributed by atoms with Gasteiger partial charge in [-0.15, -0.1) is 11.3 Å². The smallest absolute Gasteiger partial charge is 0.336 e. The fourth-order valence-electron chi connectivity index (χ4n) is 3.19. The molecule has 0 bridgehead atoms. The summed E-state index contributed by atoms with van der Waals surface area (Å²) in [5, 5.41) is 3.95.